The molecule has 0 fully saturated rings. The Morgan fingerprint density at radius 3 is 2.31 bits per heavy atom. The van der Waals surface area contributed by atoms with Crippen LogP contribution in [0.15, 0.2) is 41.4 Å². The van der Waals surface area contributed by atoms with E-state index in [1.54, 1.807) is 14.2 Å². The lowest BCUT2D eigenvalue weighted by molar-refractivity contribution is 0.354. The van der Waals surface area contributed by atoms with Crippen LogP contribution in [-0.2, 0) is 13.0 Å². The first-order valence-corrected chi connectivity index (χ1v) is 9.79. The summed E-state index contributed by atoms with van der Waals surface area (Å²) in [6.07, 6.45) is 0.883. The van der Waals surface area contributed by atoms with Gasteiger partial charge in [0.05, 0.1) is 14.2 Å². The summed E-state index contributed by atoms with van der Waals surface area (Å²) in [4.78, 5) is 8.69. The van der Waals surface area contributed by atoms with Crippen LogP contribution in [0.2, 0.25) is 0 Å². The fraction of sp³-hybridized carbons (Fsp3) is 0.435. The normalized spacial score (nSPS) is 11.2. The summed E-state index contributed by atoms with van der Waals surface area (Å²) in [5.74, 6) is 2.38. The Kier molecular flexibility index (Phi) is 8.19. The zero-order chi connectivity index (χ0) is 21.4. The van der Waals surface area contributed by atoms with Crippen molar-refractivity contribution in [2.24, 2.45) is 4.99 Å². The van der Waals surface area contributed by atoms with Crippen LogP contribution in [-0.4, -0.2) is 59.8 Å². The standard InChI is InChI=1S/C23H34N4O2/c1-17-14-20(26(3)4)10-9-19(17)16-25-23(24-2)27(5)13-12-18-8-11-21(28-6)22(15-18)29-7/h8-11,14-15H,12-13,16H2,1-7H3,(H,24,25). The Morgan fingerprint density at radius 2 is 1.72 bits per heavy atom. The molecule has 2 rings (SSSR count). The van der Waals surface area contributed by atoms with E-state index in [1.165, 1.54) is 22.4 Å². The van der Waals surface area contributed by atoms with Crippen LogP contribution in [0.3, 0.4) is 0 Å². The van der Waals surface area contributed by atoms with Crippen LogP contribution >= 0.6 is 0 Å². The third-order valence-electron chi connectivity index (χ3n) is 5.04. The number of aryl methyl sites for hydroxylation is 1. The minimum absolute atomic E-state index is 0.743. The second-order valence-electron chi connectivity index (χ2n) is 7.27. The van der Waals surface area contributed by atoms with E-state index in [2.05, 4.69) is 72.4 Å². The van der Waals surface area contributed by atoms with Crippen molar-refractivity contribution in [3.8, 4) is 11.5 Å². The van der Waals surface area contributed by atoms with Gasteiger partial charge in [-0.2, -0.15) is 0 Å². The van der Waals surface area contributed by atoms with E-state index in [1.807, 2.05) is 19.2 Å². The monoisotopic (exact) mass is 398 g/mol. The first-order valence-electron chi connectivity index (χ1n) is 9.79. The Labute approximate surface area is 175 Å². The van der Waals surface area contributed by atoms with Gasteiger partial charge >= 0.3 is 0 Å². The Balaban J connectivity index is 1.95. The lowest BCUT2D eigenvalue weighted by Crippen LogP contribution is -2.39. The van der Waals surface area contributed by atoms with Crippen molar-refractivity contribution in [3.63, 3.8) is 0 Å². The number of ether oxygens (including phenoxy) is 2. The van der Waals surface area contributed by atoms with Crippen molar-refractivity contribution in [3.05, 3.63) is 53.1 Å². The molecule has 158 valence electrons. The van der Waals surface area contributed by atoms with Crippen LogP contribution in [0.25, 0.3) is 0 Å². The molecule has 0 spiro atoms. The number of hydrogen-bond donors (Lipinski definition) is 1. The zero-order valence-electron chi connectivity index (χ0n) is 18.7. The molecule has 29 heavy (non-hydrogen) atoms. The van der Waals surface area contributed by atoms with Gasteiger partial charge in [-0.15, -0.1) is 0 Å². The summed E-state index contributed by atoms with van der Waals surface area (Å²) in [5, 5.41) is 3.47. The van der Waals surface area contributed by atoms with Gasteiger partial charge in [-0.05, 0) is 54.3 Å². The van der Waals surface area contributed by atoms with Crippen molar-refractivity contribution < 1.29 is 9.47 Å². The summed E-state index contributed by atoms with van der Waals surface area (Å²) in [7, 11) is 11.3. The molecule has 0 amide bonds. The van der Waals surface area contributed by atoms with Gasteiger partial charge in [0.1, 0.15) is 0 Å². The van der Waals surface area contributed by atoms with Crippen molar-refractivity contribution in [2.45, 2.75) is 19.9 Å². The second kappa shape index (κ2) is 10.6. The van der Waals surface area contributed by atoms with E-state index in [0.717, 1.165) is 37.0 Å². The van der Waals surface area contributed by atoms with Crippen molar-refractivity contribution >= 4 is 11.6 Å². The maximum Gasteiger partial charge on any atom is 0.193 e. The number of rotatable bonds is 8. The maximum absolute atomic E-state index is 5.40. The minimum atomic E-state index is 0.743. The SMILES string of the molecule is CN=C(NCc1ccc(N(C)C)cc1C)N(C)CCc1ccc(OC)c(OC)c1. The average molecular weight is 399 g/mol. The van der Waals surface area contributed by atoms with Crippen LogP contribution < -0.4 is 19.7 Å². The second-order valence-corrected chi connectivity index (χ2v) is 7.27. The summed E-state index contributed by atoms with van der Waals surface area (Å²) < 4.78 is 10.7. The smallest absolute Gasteiger partial charge is 0.193 e. The van der Waals surface area contributed by atoms with E-state index in [4.69, 9.17) is 9.47 Å². The highest BCUT2D eigenvalue weighted by atomic mass is 16.5. The number of guanidine groups is 1. The topological polar surface area (TPSA) is 49.3 Å². The lowest BCUT2D eigenvalue weighted by Gasteiger charge is -2.23. The fourth-order valence-corrected chi connectivity index (χ4v) is 3.15. The molecule has 0 bridgehead atoms. The molecule has 6 nitrogen and oxygen atoms in total. The number of anilines is 1. The van der Waals surface area contributed by atoms with E-state index in [0.29, 0.717) is 0 Å². The van der Waals surface area contributed by atoms with Gasteiger partial charge in [0.25, 0.3) is 0 Å². The van der Waals surface area contributed by atoms with Crippen LogP contribution in [0.5, 0.6) is 11.5 Å². The number of methoxy groups -OCH3 is 2. The minimum Gasteiger partial charge on any atom is -0.493 e. The highest BCUT2D eigenvalue weighted by molar-refractivity contribution is 5.79. The van der Waals surface area contributed by atoms with E-state index >= 15 is 0 Å². The first-order chi connectivity index (χ1) is 13.9. The number of nitrogens with zero attached hydrogens (tertiary/aromatic N) is 3. The third kappa shape index (κ3) is 6.04. The molecule has 2 aromatic rings. The number of aliphatic imine (C=N–C) groups is 1. The molecule has 0 saturated heterocycles. The zero-order valence-corrected chi connectivity index (χ0v) is 18.7. The molecule has 6 heteroatoms. The predicted octanol–water partition coefficient (Wildman–Crippen LogP) is 3.33. The van der Waals surface area contributed by atoms with E-state index in [-0.39, 0.29) is 0 Å². The fourth-order valence-electron chi connectivity index (χ4n) is 3.15. The number of nitrogens with one attached hydrogen (secondary N) is 1. The average Bonchev–Trinajstić information content (AvgIpc) is 2.73. The van der Waals surface area contributed by atoms with Crippen LogP contribution in [0.4, 0.5) is 5.69 Å². The molecule has 0 saturated carbocycles. The molecular weight excluding hydrogens is 364 g/mol. The summed E-state index contributed by atoms with van der Waals surface area (Å²) in [5.41, 5.74) is 4.94. The molecule has 0 heterocycles. The van der Waals surface area contributed by atoms with E-state index in [9.17, 15) is 0 Å². The van der Waals surface area contributed by atoms with Crippen LogP contribution in [0.1, 0.15) is 16.7 Å². The highest BCUT2D eigenvalue weighted by Gasteiger charge is 2.09. The third-order valence-corrected chi connectivity index (χ3v) is 5.04. The molecule has 0 aliphatic rings. The summed E-state index contributed by atoms with van der Waals surface area (Å²) in [6.45, 7) is 3.73. The predicted molar refractivity (Wildman–Crippen MR) is 122 cm³/mol. The van der Waals surface area contributed by atoms with E-state index < -0.39 is 0 Å². The highest BCUT2D eigenvalue weighted by Crippen LogP contribution is 2.27. The van der Waals surface area contributed by atoms with Crippen molar-refractivity contribution in [2.75, 3.05) is 53.9 Å². The van der Waals surface area contributed by atoms with Gasteiger partial charge in [0, 0.05) is 47.0 Å². The molecule has 0 aliphatic heterocycles. The molecule has 0 radical (unpaired) electrons. The first kappa shape index (κ1) is 22.4. The van der Waals surface area contributed by atoms with Gasteiger partial charge in [0.2, 0.25) is 0 Å². The van der Waals surface area contributed by atoms with Gasteiger partial charge in [-0.1, -0.05) is 12.1 Å². The molecule has 0 aromatic heterocycles. The maximum atomic E-state index is 5.40. The molecule has 0 atom stereocenters. The molecule has 0 unspecified atom stereocenters. The largest absolute Gasteiger partial charge is 0.493 e. The number of likely N-dealkylation sites (N-methyl/N-ethyl adjacent to an activating group) is 1. The molecular formula is C23H34N4O2. The Morgan fingerprint density at radius 1 is 1.00 bits per heavy atom. The van der Waals surface area contributed by atoms with Gasteiger partial charge in [-0.25, -0.2) is 0 Å². The summed E-state index contributed by atoms with van der Waals surface area (Å²) >= 11 is 0. The molecule has 1 N–H and O–H groups in total. The van der Waals surface area contributed by atoms with Crippen molar-refractivity contribution in [1.29, 1.82) is 0 Å². The summed E-state index contributed by atoms with van der Waals surface area (Å²) in [6, 6.07) is 12.6. The quantitative estimate of drug-likeness (QED) is 0.546. The van der Waals surface area contributed by atoms with Gasteiger partial charge < -0.3 is 24.6 Å². The Hall–Kier alpha value is -2.89. The van der Waals surface area contributed by atoms with Gasteiger partial charge in [-0.3, -0.25) is 4.99 Å². The number of benzene rings is 2. The molecule has 0 aliphatic carbocycles. The van der Waals surface area contributed by atoms with Crippen molar-refractivity contribution in [1.82, 2.24) is 10.2 Å². The molecule has 2 aromatic carbocycles. The van der Waals surface area contributed by atoms with Gasteiger partial charge in [0.15, 0.2) is 17.5 Å². The number of hydrogen-bond acceptors (Lipinski definition) is 4. The van der Waals surface area contributed by atoms with Crippen LogP contribution in [0, 0.1) is 6.92 Å². The Bertz CT molecular complexity index is 834. The lowest BCUT2D eigenvalue weighted by atomic mass is 10.1.